The first-order valence-corrected chi connectivity index (χ1v) is 6.42. The van der Waals surface area contributed by atoms with Crippen LogP contribution in [0.5, 0.6) is 0 Å². The van der Waals surface area contributed by atoms with Crippen molar-refractivity contribution < 1.29 is 0 Å². The summed E-state index contributed by atoms with van der Waals surface area (Å²) in [5, 5.41) is 7.72. The maximum absolute atomic E-state index is 7.72. The monoisotopic (exact) mass is 269 g/mol. The lowest BCUT2D eigenvalue weighted by molar-refractivity contribution is 0.856. The number of aryl methyl sites for hydroxylation is 2. The zero-order valence-corrected chi connectivity index (χ0v) is 12.0. The molecule has 5 heteroatoms. The number of rotatable bonds is 4. The van der Waals surface area contributed by atoms with Crippen LogP contribution in [0.15, 0.2) is 30.5 Å². The smallest absolute Gasteiger partial charge is 0.139 e. The van der Waals surface area contributed by atoms with E-state index >= 15 is 0 Å². The number of nitrogens with zero attached hydrogens (tertiary/aromatic N) is 3. The van der Waals surface area contributed by atoms with Crippen molar-refractivity contribution in [1.29, 1.82) is 5.41 Å². The molecule has 0 atom stereocenters. The summed E-state index contributed by atoms with van der Waals surface area (Å²) < 4.78 is 0. The summed E-state index contributed by atoms with van der Waals surface area (Å²) in [6.45, 7) is 4.52. The number of aromatic nitrogens is 2. The summed E-state index contributed by atoms with van der Waals surface area (Å²) in [5.74, 6) is 0.746. The van der Waals surface area contributed by atoms with Crippen LogP contribution in [0.1, 0.15) is 22.5 Å². The number of hydrogen-bond donors (Lipinski definition) is 2. The molecular weight excluding hydrogens is 250 g/mol. The van der Waals surface area contributed by atoms with Gasteiger partial charge in [0.2, 0.25) is 0 Å². The maximum atomic E-state index is 7.72. The molecule has 0 radical (unpaired) electrons. The van der Waals surface area contributed by atoms with Gasteiger partial charge >= 0.3 is 0 Å². The van der Waals surface area contributed by atoms with Crippen LogP contribution in [-0.4, -0.2) is 22.9 Å². The Kier molecular flexibility index (Phi) is 3.98. The van der Waals surface area contributed by atoms with E-state index in [0.717, 1.165) is 17.0 Å². The molecule has 0 saturated heterocycles. The standard InChI is InChI=1S/C15H19N5/c1-10-7-8-18-15(13(10)14(16)17)20(3)9-12-6-4-5-11(2)19-12/h4-8H,9H2,1-3H3,(H3,16,17). The van der Waals surface area contributed by atoms with Crippen LogP contribution in [0.25, 0.3) is 0 Å². The molecule has 2 aromatic heterocycles. The van der Waals surface area contributed by atoms with E-state index in [0.29, 0.717) is 17.9 Å². The summed E-state index contributed by atoms with van der Waals surface area (Å²) >= 11 is 0. The number of amidine groups is 1. The van der Waals surface area contributed by atoms with Crippen LogP contribution in [-0.2, 0) is 6.54 Å². The normalized spacial score (nSPS) is 10.3. The topological polar surface area (TPSA) is 78.9 Å². The Bertz CT molecular complexity index is 636. The van der Waals surface area contributed by atoms with Gasteiger partial charge < -0.3 is 10.6 Å². The van der Waals surface area contributed by atoms with E-state index < -0.39 is 0 Å². The molecule has 0 bridgehead atoms. The average molecular weight is 269 g/mol. The predicted molar refractivity (Wildman–Crippen MR) is 81.1 cm³/mol. The highest BCUT2D eigenvalue weighted by Gasteiger charge is 2.14. The second kappa shape index (κ2) is 5.69. The van der Waals surface area contributed by atoms with Crippen LogP contribution in [0.3, 0.4) is 0 Å². The summed E-state index contributed by atoms with van der Waals surface area (Å²) in [7, 11) is 1.93. The molecule has 104 valence electrons. The minimum Gasteiger partial charge on any atom is -0.384 e. The third kappa shape index (κ3) is 2.93. The fourth-order valence-corrected chi connectivity index (χ4v) is 2.17. The minimum absolute atomic E-state index is 0.0367. The average Bonchev–Trinajstić information content (AvgIpc) is 2.37. The Morgan fingerprint density at radius 3 is 2.70 bits per heavy atom. The highest BCUT2D eigenvalue weighted by molar-refractivity contribution is 6.00. The molecular formula is C15H19N5. The van der Waals surface area contributed by atoms with Crippen molar-refractivity contribution in [2.45, 2.75) is 20.4 Å². The van der Waals surface area contributed by atoms with Crippen molar-refractivity contribution >= 4 is 11.7 Å². The van der Waals surface area contributed by atoms with Crippen molar-refractivity contribution in [2.24, 2.45) is 5.73 Å². The first kappa shape index (κ1) is 14.0. The van der Waals surface area contributed by atoms with Crippen molar-refractivity contribution in [1.82, 2.24) is 9.97 Å². The summed E-state index contributed by atoms with van der Waals surface area (Å²) in [5.41, 5.74) is 9.25. The van der Waals surface area contributed by atoms with Crippen molar-refractivity contribution in [3.05, 3.63) is 53.0 Å². The Balaban J connectivity index is 2.32. The van der Waals surface area contributed by atoms with Gasteiger partial charge in [-0.1, -0.05) is 6.07 Å². The summed E-state index contributed by atoms with van der Waals surface area (Å²) in [4.78, 5) is 10.8. The molecule has 0 spiro atoms. The lowest BCUT2D eigenvalue weighted by atomic mass is 10.1. The quantitative estimate of drug-likeness (QED) is 0.657. The van der Waals surface area contributed by atoms with E-state index in [1.807, 2.05) is 50.1 Å². The van der Waals surface area contributed by atoms with Gasteiger partial charge in [0.05, 0.1) is 17.8 Å². The SMILES string of the molecule is Cc1cccc(CN(C)c2nccc(C)c2C(=N)N)n1. The fourth-order valence-electron chi connectivity index (χ4n) is 2.17. The highest BCUT2D eigenvalue weighted by Crippen LogP contribution is 2.20. The summed E-state index contributed by atoms with van der Waals surface area (Å²) in [6.07, 6.45) is 1.73. The molecule has 2 aromatic rings. The van der Waals surface area contributed by atoms with Gasteiger partial charge in [0.1, 0.15) is 11.7 Å². The zero-order valence-electron chi connectivity index (χ0n) is 12.0. The number of nitrogens with one attached hydrogen (secondary N) is 1. The van der Waals surface area contributed by atoms with E-state index in [-0.39, 0.29) is 5.84 Å². The van der Waals surface area contributed by atoms with Crippen molar-refractivity contribution in [3.63, 3.8) is 0 Å². The van der Waals surface area contributed by atoms with Gasteiger partial charge in [-0.25, -0.2) is 4.98 Å². The number of nitrogen functional groups attached to an aromatic ring is 1. The molecule has 0 aromatic carbocycles. The molecule has 20 heavy (non-hydrogen) atoms. The first-order chi connectivity index (χ1) is 9.49. The van der Waals surface area contributed by atoms with Gasteiger partial charge in [0, 0.05) is 18.9 Å². The largest absolute Gasteiger partial charge is 0.384 e. The molecule has 0 amide bonds. The van der Waals surface area contributed by atoms with Gasteiger partial charge in [-0.05, 0) is 37.6 Å². The lowest BCUT2D eigenvalue weighted by Crippen LogP contribution is -2.24. The Hall–Kier alpha value is -2.43. The van der Waals surface area contributed by atoms with E-state index in [2.05, 4.69) is 9.97 Å². The molecule has 2 heterocycles. The van der Waals surface area contributed by atoms with Crippen LogP contribution >= 0.6 is 0 Å². The third-order valence-corrected chi connectivity index (χ3v) is 3.12. The molecule has 0 aliphatic carbocycles. The molecule has 0 fully saturated rings. The summed E-state index contributed by atoms with van der Waals surface area (Å²) in [6, 6.07) is 7.79. The van der Waals surface area contributed by atoms with E-state index in [4.69, 9.17) is 11.1 Å². The number of nitrogens with two attached hydrogens (primary N) is 1. The molecule has 5 nitrogen and oxygen atoms in total. The Morgan fingerprint density at radius 2 is 2.05 bits per heavy atom. The highest BCUT2D eigenvalue weighted by atomic mass is 15.2. The van der Waals surface area contributed by atoms with E-state index in [1.54, 1.807) is 6.20 Å². The maximum Gasteiger partial charge on any atom is 0.139 e. The zero-order chi connectivity index (χ0) is 14.7. The van der Waals surface area contributed by atoms with Gasteiger partial charge in [0.25, 0.3) is 0 Å². The van der Waals surface area contributed by atoms with Crippen LogP contribution in [0.2, 0.25) is 0 Å². The van der Waals surface area contributed by atoms with Gasteiger partial charge in [-0.3, -0.25) is 10.4 Å². The molecule has 0 saturated carbocycles. The van der Waals surface area contributed by atoms with Crippen LogP contribution in [0, 0.1) is 19.3 Å². The Labute approximate surface area is 119 Å². The molecule has 0 aliphatic heterocycles. The molecule has 3 N–H and O–H groups in total. The Morgan fingerprint density at radius 1 is 1.30 bits per heavy atom. The molecule has 0 unspecified atom stereocenters. The van der Waals surface area contributed by atoms with Gasteiger partial charge in [-0.15, -0.1) is 0 Å². The third-order valence-electron chi connectivity index (χ3n) is 3.12. The molecule has 2 rings (SSSR count). The van der Waals surface area contributed by atoms with E-state index in [9.17, 15) is 0 Å². The fraction of sp³-hybridized carbons (Fsp3) is 0.267. The number of pyridine rings is 2. The van der Waals surface area contributed by atoms with Gasteiger partial charge in [-0.2, -0.15) is 0 Å². The lowest BCUT2D eigenvalue weighted by Gasteiger charge is -2.21. The van der Waals surface area contributed by atoms with E-state index in [1.165, 1.54) is 0 Å². The van der Waals surface area contributed by atoms with Gasteiger partial charge in [0.15, 0.2) is 0 Å². The van der Waals surface area contributed by atoms with Crippen molar-refractivity contribution in [2.75, 3.05) is 11.9 Å². The van der Waals surface area contributed by atoms with Crippen molar-refractivity contribution in [3.8, 4) is 0 Å². The second-order valence-electron chi connectivity index (χ2n) is 4.87. The van der Waals surface area contributed by atoms with Crippen LogP contribution in [0.4, 0.5) is 5.82 Å². The minimum atomic E-state index is 0.0367. The first-order valence-electron chi connectivity index (χ1n) is 6.42. The predicted octanol–water partition coefficient (Wildman–Crippen LogP) is 2.01. The second-order valence-corrected chi connectivity index (χ2v) is 4.87. The number of anilines is 1. The number of hydrogen-bond acceptors (Lipinski definition) is 4. The molecule has 0 aliphatic rings. The van der Waals surface area contributed by atoms with Crippen LogP contribution < -0.4 is 10.6 Å².